The smallest absolute Gasteiger partial charge is 0.251 e. The predicted octanol–water partition coefficient (Wildman–Crippen LogP) is 2.41. The highest BCUT2D eigenvalue weighted by Gasteiger charge is 2.17. The lowest BCUT2D eigenvalue weighted by molar-refractivity contribution is -0.121. The maximum absolute atomic E-state index is 12.3. The van der Waals surface area contributed by atoms with Crippen LogP contribution in [0.4, 0.5) is 0 Å². The summed E-state index contributed by atoms with van der Waals surface area (Å²) < 4.78 is 5.53. The molecule has 2 fully saturated rings. The molecule has 2 heterocycles. The van der Waals surface area contributed by atoms with Crippen molar-refractivity contribution in [3.63, 3.8) is 0 Å². The Labute approximate surface area is 173 Å². The van der Waals surface area contributed by atoms with Gasteiger partial charge in [-0.15, -0.1) is 12.4 Å². The molecule has 0 spiro atoms. The number of piperidine rings is 1. The van der Waals surface area contributed by atoms with E-state index in [0.717, 1.165) is 57.4 Å². The molecule has 28 heavy (non-hydrogen) atoms. The Bertz CT molecular complexity index is 629. The second-order valence-electron chi connectivity index (χ2n) is 7.55. The van der Waals surface area contributed by atoms with E-state index in [1.165, 1.54) is 0 Å². The van der Waals surface area contributed by atoms with Gasteiger partial charge in [-0.25, -0.2) is 0 Å². The van der Waals surface area contributed by atoms with E-state index in [-0.39, 0.29) is 30.3 Å². The van der Waals surface area contributed by atoms with Crippen molar-refractivity contribution in [2.45, 2.75) is 51.2 Å². The van der Waals surface area contributed by atoms with E-state index in [1.807, 2.05) is 18.2 Å². The lowest BCUT2D eigenvalue weighted by atomic mass is 9.93. The fraction of sp³-hybridized carbons (Fsp3) is 0.619. The van der Waals surface area contributed by atoms with Gasteiger partial charge in [0.15, 0.2) is 0 Å². The molecule has 0 saturated carbocycles. The summed E-state index contributed by atoms with van der Waals surface area (Å²) >= 11 is 0. The van der Waals surface area contributed by atoms with Gasteiger partial charge in [0.2, 0.25) is 5.91 Å². The third-order valence-electron chi connectivity index (χ3n) is 5.43. The van der Waals surface area contributed by atoms with E-state index in [4.69, 9.17) is 4.74 Å². The molecule has 1 aromatic carbocycles. The van der Waals surface area contributed by atoms with Crippen LogP contribution in [-0.2, 0) is 16.1 Å². The molecule has 0 bridgehead atoms. The van der Waals surface area contributed by atoms with Gasteiger partial charge in [-0.3, -0.25) is 9.59 Å². The molecule has 156 valence electrons. The van der Waals surface area contributed by atoms with Crippen molar-refractivity contribution in [3.05, 3.63) is 35.4 Å². The molecule has 2 saturated heterocycles. The molecular formula is C21H32ClN3O3. The summed E-state index contributed by atoms with van der Waals surface area (Å²) in [6.45, 7) is 3.92. The first-order chi connectivity index (χ1) is 13.2. The molecule has 2 aliphatic heterocycles. The number of rotatable bonds is 8. The largest absolute Gasteiger partial charge is 0.376 e. The Kier molecular flexibility index (Phi) is 9.75. The topological polar surface area (TPSA) is 79.5 Å². The highest BCUT2D eigenvalue weighted by Crippen LogP contribution is 2.17. The first-order valence-electron chi connectivity index (χ1n) is 10.2. The second-order valence-corrected chi connectivity index (χ2v) is 7.55. The summed E-state index contributed by atoms with van der Waals surface area (Å²) in [5, 5.41) is 9.26. The maximum atomic E-state index is 12.3. The van der Waals surface area contributed by atoms with Gasteiger partial charge in [0.05, 0.1) is 6.10 Å². The van der Waals surface area contributed by atoms with Gasteiger partial charge in [-0.1, -0.05) is 12.1 Å². The zero-order chi connectivity index (χ0) is 18.9. The molecule has 2 amide bonds. The predicted molar refractivity (Wildman–Crippen MR) is 112 cm³/mol. The Balaban J connectivity index is 0.00000280. The number of nitrogens with one attached hydrogen (secondary N) is 3. The number of benzene rings is 1. The Morgan fingerprint density at radius 1 is 1.14 bits per heavy atom. The fourth-order valence-electron chi connectivity index (χ4n) is 3.73. The third-order valence-corrected chi connectivity index (χ3v) is 5.43. The number of halogens is 1. The molecule has 0 aromatic heterocycles. The third kappa shape index (κ3) is 7.41. The van der Waals surface area contributed by atoms with E-state index in [2.05, 4.69) is 16.0 Å². The van der Waals surface area contributed by atoms with E-state index >= 15 is 0 Å². The van der Waals surface area contributed by atoms with E-state index in [1.54, 1.807) is 6.07 Å². The summed E-state index contributed by atoms with van der Waals surface area (Å²) in [6, 6.07) is 7.44. The van der Waals surface area contributed by atoms with Crippen LogP contribution in [0.15, 0.2) is 24.3 Å². The quantitative estimate of drug-likeness (QED) is 0.616. The highest BCUT2D eigenvalue weighted by atomic mass is 35.5. The molecule has 7 heteroatoms. The molecule has 1 atom stereocenters. The number of carbonyl (C=O) groups is 2. The Morgan fingerprint density at radius 3 is 2.71 bits per heavy atom. The molecule has 6 nitrogen and oxygen atoms in total. The van der Waals surface area contributed by atoms with Crippen molar-refractivity contribution < 1.29 is 14.3 Å². The summed E-state index contributed by atoms with van der Waals surface area (Å²) in [5.74, 6) is 0.652. The van der Waals surface area contributed by atoms with Gasteiger partial charge < -0.3 is 20.7 Å². The molecule has 0 radical (unpaired) electrons. The average molecular weight is 410 g/mol. The molecule has 3 N–H and O–H groups in total. The maximum Gasteiger partial charge on any atom is 0.251 e. The monoisotopic (exact) mass is 409 g/mol. The minimum Gasteiger partial charge on any atom is -0.376 e. The second kappa shape index (κ2) is 12.0. The van der Waals surface area contributed by atoms with Crippen molar-refractivity contribution in [2.75, 3.05) is 26.2 Å². The highest BCUT2D eigenvalue weighted by molar-refractivity contribution is 5.94. The molecular weight excluding hydrogens is 378 g/mol. The lowest BCUT2D eigenvalue weighted by Crippen LogP contribution is -2.32. The van der Waals surface area contributed by atoms with Crippen LogP contribution in [0.5, 0.6) is 0 Å². The van der Waals surface area contributed by atoms with Gasteiger partial charge in [0, 0.05) is 31.7 Å². The van der Waals surface area contributed by atoms with Crippen molar-refractivity contribution in [1.29, 1.82) is 0 Å². The minimum absolute atomic E-state index is 0. The molecule has 1 unspecified atom stereocenters. The first kappa shape index (κ1) is 22.7. The fourth-order valence-corrected chi connectivity index (χ4v) is 3.73. The minimum atomic E-state index is -0.0930. The normalized spacial score (nSPS) is 19.6. The van der Waals surface area contributed by atoms with Crippen LogP contribution in [-0.4, -0.2) is 44.2 Å². The summed E-state index contributed by atoms with van der Waals surface area (Å²) in [6.07, 6.45) is 6.06. The molecule has 1 aromatic rings. The van der Waals surface area contributed by atoms with Crippen molar-refractivity contribution in [2.24, 2.45) is 5.92 Å². The number of carbonyl (C=O) groups excluding carboxylic acids is 2. The molecule has 0 aliphatic carbocycles. The van der Waals surface area contributed by atoms with Gasteiger partial charge in [0.1, 0.15) is 0 Å². The van der Waals surface area contributed by atoms with Gasteiger partial charge in [-0.2, -0.15) is 0 Å². The van der Waals surface area contributed by atoms with Crippen molar-refractivity contribution >= 4 is 24.2 Å². The Morgan fingerprint density at radius 2 is 1.96 bits per heavy atom. The van der Waals surface area contributed by atoms with Crippen LogP contribution >= 0.6 is 12.4 Å². The SMILES string of the molecule is Cl.O=C(CCC1CCNCC1)NCc1cccc(C(=O)NCC2CCCO2)c1. The zero-order valence-corrected chi connectivity index (χ0v) is 17.2. The summed E-state index contributed by atoms with van der Waals surface area (Å²) in [7, 11) is 0. The van der Waals surface area contributed by atoms with Crippen molar-refractivity contribution in [1.82, 2.24) is 16.0 Å². The lowest BCUT2D eigenvalue weighted by Gasteiger charge is -2.22. The van der Waals surface area contributed by atoms with Crippen LogP contribution < -0.4 is 16.0 Å². The molecule has 3 rings (SSSR count). The average Bonchev–Trinajstić information content (AvgIpc) is 3.23. The summed E-state index contributed by atoms with van der Waals surface area (Å²) in [4.78, 5) is 24.4. The van der Waals surface area contributed by atoms with Crippen molar-refractivity contribution in [3.8, 4) is 0 Å². The molecule has 2 aliphatic rings. The van der Waals surface area contributed by atoms with E-state index < -0.39 is 0 Å². The van der Waals surface area contributed by atoms with Crippen LogP contribution in [0.3, 0.4) is 0 Å². The Hall–Kier alpha value is -1.63. The zero-order valence-electron chi connectivity index (χ0n) is 16.4. The number of hydrogen-bond donors (Lipinski definition) is 3. The first-order valence-corrected chi connectivity index (χ1v) is 10.2. The number of hydrogen-bond acceptors (Lipinski definition) is 4. The number of ether oxygens (including phenoxy) is 1. The standard InChI is InChI=1S/C21H31N3O3.ClH/c25-20(7-6-16-8-10-22-11-9-16)23-14-17-3-1-4-18(13-17)21(26)24-15-19-5-2-12-27-19;/h1,3-4,13,16,19,22H,2,5-12,14-15H2,(H,23,25)(H,24,26);1H. The van der Waals surface area contributed by atoms with Crippen LogP contribution in [0.2, 0.25) is 0 Å². The van der Waals surface area contributed by atoms with Crippen LogP contribution in [0.1, 0.15) is 54.4 Å². The van der Waals surface area contributed by atoms with Crippen LogP contribution in [0.25, 0.3) is 0 Å². The summed E-state index contributed by atoms with van der Waals surface area (Å²) in [5.41, 5.74) is 1.56. The van der Waals surface area contributed by atoms with Crippen LogP contribution in [0, 0.1) is 5.92 Å². The van der Waals surface area contributed by atoms with Gasteiger partial charge >= 0.3 is 0 Å². The van der Waals surface area contributed by atoms with Gasteiger partial charge in [0.25, 0.3) is 5.91 Å². The van der Waals surface area contributed by atoms with E-state index in [9.17, 15) is 9.59 Å². The number of amides is 2. The van der Waals surface area contributed by atoms with E-state index in [0.29, 0.717) is 31.0 Å². The van der Waals surface area contributed by atoms with Gasteiger partial charge in [-0.05, 0) is 68.8 Å².